The van der Waals surface area contributed by atoms with E-state index in [4.69, 9.17) is 9.84 Å². The smallest absolute Gasteiger partial charge is 0.303 e. The van der Waals surface area contributed by atoms with Gasteiger partial charge in [-0.05, 0) is 50.2 Å². The number of aryl methyl sites for hydroxylation is 2. The van der Waals surface area contributed by atoms with E-state index >= 15 is 0 Å². The maximum Gasteiger partial charge on any atom is 0.303 e. The molecule has 104 valence electrons. The Morgan fingerprint density at radius 2 is 2.21 bits per heavy atom. The predicted molar refractivity (Wildman–Crippen MR) is 74.6 cm³/mol. The molecule has 1 fully saturated rings. The molecule has 0 spiro atoms. The minimum Gasteiger partial charge on any atom is -0.493 e. The summed E-state index contributed by atoms with van der Waals surface area (Å²) in [6, 6.07) is 6.18. The summed E-state index contributed by atoms with van der Waals surface area (Å²) in [5.74, 6) is 0.917. The second-order valence-corrected chi connectivity index (χ2v) is 5.47. The minimum atomic E-state index is -0.732. The van der Waals surface area contributed by atoms with Crippen LogP contribution in [0.3, 0.4) is 0 Å². The van der Waals surface area contributed by atoms with E-state index in [1.54, 1.807) is 0 Å². The van der Waals surface area contributed by atoms with Crippen molar-refractivity contribution in [2.24, 2.45) is 5.92 Å². The average molecular weight is 262 g/mol. The Bertz CT molecular complexity index is 436. The molecule has 2 rings (SSSR count). The molecule has 0 unspecified atom stereocenters. The summed E-state index contributed by atoms with van der Waals surface area (Å²) < 4.78 is 5.91. The first-order valence-corrected chi connectivity index (χ1v) is 7.09. The fourth-order valence-corrected chi connectivity index (χ4v) is 2.34. The van der Waals surface area contributed by atoms with E-state index in [1.165, 1.54) is 24.8 Å². The average Bonchev–Trinajstić information content (AvgIpc) is 2.29. The zero-order valence-corrected chi connectivity index (χ0v) is 11.5. The van der Waals surface area contributed by atoms with Gasteiger partial charge in [-0.15, -0.1) is 0 Å². The summed E-state index contributed by atoms with van der Waals surface area (Å²) in [6.07, 6.45) is 5.54. The second kappa shape index (κ2) is 6.60. The summed E-state index contributed by atoms with van der Waals surface area (Å²) in [5, 5.41) is 8.70. The molecule has 1 aliphatic rings. The van der Waals surface area contributed by atoms with Crippen molar-refractivity contribution in [3.05, 3.63) is 29.3 Å². The number of ether oxygens (including phenoxy) is 1. The van der Waals surface area contributed by atoms with Gasteiger partial charge in [-0.1, -0.05) is 24.1 Å². The molecule has 0 amide bonds. The van der Waals surface area contributed by atoms with Crippen LogP contribution in [0.5, 0.6) is 5.75 Å². The largest absolute Gasteiger partial charge is 0.493 e. The van der Waals surface area contributed by atoms with E-state index in [2.05, 4.69) is 19.1 Å². The zero-order valence-electron chi connectivity index (χ0n) is 11.5. The van der Waals surface area contributed by atoms with Crippen LogP contribution in [0.15, 0.2) is 18.2 Å². The van der Waals surface area contributed by atoms with Gasteiger partial charge in [0.1, 0.15) is 5.75 Å². The van der Waals surface area contributed by atoms with E-state index in [-0.39, 0.29) is 6.42 Å². The number of carboxylic acids is 1. The molecule has 1 saturated carbocycles. The molecule has 1 aromatic carbocycles. The first-order chi connectivity index (χ1) is 9.15. The Balaban J connectivity index is 1.93. The van der Waals surface area contributed by atoms with E-state index in [9.17, 15) is 4.79 Å². The third-order valence-corrected chi connectivity index (χ3v) is 3.75. The van der Waals surface area contributed by atoms with Gasteiger partial charge in [-0.3, -0.25) is 4.79 Å². The minimum absolute atomic E-state index is 0.218. The molecule has 0 bridgehead atoms. The molecule has 0 saturated heterocycles. The molecule has 0 aliphatic heterocycles. The van der Waals surface area contributed by atoms with Gasteiger partial charge in [0.25, 0.3) is 0 Å². The maximum atomic E-state index is 10.6. The summed E-state index contributed by atoms with van der Waals surface area (Å²) in [6.45, 7) is 2.85. The van der Waals surface area contributed by atoms with Crippen molar-refractivity contribution in [1.82, 2.24) is 0 Å². The Labute approximate surface area is 114 Å². The second-order valence-electron chi connectivity index (χ2n) is 5.47. The van der Waals surface area contributed by atoms with Crippen molar-refractivity contribution in [3.63, 3.8) is 0 Å². The summed E-state index contributed by atoms with van der Waals surface area (Å²) in [4.78, 5) is 10.6. The fraction of sp³-hybridized carbons (Fsp3) is 0.562. The number of hydrogen-bond donors (Lipinski definition) is 1. The van der Waals surface area contributed by atoms with Crippen LogP contribution >= 0.6 is 0 Å². The molecule has 0 aromatic heterocycles. The fourth-order valence-electron chi connectivity index (χ4n) is 2.34. The van der Waals surface area contributed by atoms with E-state index in [0.29, 0.717) is 12.3 Å². The van der Waals surface area contributed by atoms with Crippen LogP contribution < -0.4 is 4.74 Å². The van der Waals surface area contributed by atoms with Gasteiger partial charge in [0.05, 0.1) is 6.61 Å². The maximum absolute atomic E-state index is 10.6. The van der Waals surface area contributed by atoms with Gasteiger partial charge in [0.2, 0.25) is 0 Å². The first kappa shape index (κ1) is 13.9. The molecule has 3 nitrogen and oxygen atoms in total. The van der Waals surface area contributed by atoms with Crippen LogP contribution in [-0.4, -0.2) is 17.7 Å². The Hall–Kier alpha value is -1.51. The molecule has 3 heteroatoms. The van der Waals surface area contributed by atoms with E-state index in [1.807, 2.05) is 6.07 Å². The number of carbonyl (C=O) groups is 1. The SMILES string of the molecule is Cc1ccc(OCC2CCC2)c(CCCC(=O)O)c1. The highest BCUT2D eigenvalue weighted by Gasteiger charge is 2.18. The molecule has 19 heavy (non-hydrogen) atoms. The lowest BCUT2D eigenvalue weighted by atomic mass is 9.86. The van der Waals surface area contributed by atoms with E-state index < -0.39 is 5.97 Å². The normalized spacial score (nSPS) is 15.0. The Morgan fingerprint density at radius 3 is 2.84 bits per heavy atom. The highest BCUT2D eigenvalue weighted by Crippen LogP contribution is 2.29. The van der Waals surface area contributed by atoms with Crippen LogP contribution in [0.4, 0.5) is 0 Å². The number of aliphatic carboxylic acids is 1. The molecule has 1 N–H and O–H groups in total. The quantitative estimate of drug-likeness (QED) is 0.817. The van der Waals surface area contributed by atoms with Crippen molar-refractivity contribution in [3.8, 4) is 5.75 Å². The molecular formula is C16H22O3. The van der Waals surface area contributed by atoms with Crippen molar-refractivity contribution in [2.45, 2.75) is 45.4 Å². The molecule has 1 aromatic rings. The van der Waals surface area contributed by atoms with Crippen molar-refractivity contribution in [2.75, 3.05) is 6.61 Å². The van der Waals surface area contributed by atoms with Crippen molar-refractivity contribution in [1.29, 1.82) is 0 Å². The molecule has 1 aliphatic carbocycles. The number of carboxylic acid groups (broad SMARTS) is 1. The Morgan fingerprint density at radius 1 is 1.42 bits per heavy atom. The monoisotopic (exact) mass is 262 g/mol. The van der Waals surface area contributed by atoms with Gasteiger partial charge < -0.3 is 9.84 Å². The van der Waals surface area contributed by atoms with Crippen molar-refractivity contribution >= 4 is 5.97 Å². The highest BCUT2D eigenvalue weighted by molar-refractivity contribution is 5.66. The lowest BCUT2D eigenvalue weighted by Gasteiger charge is -2.25. The summed E-state index contributed by atoms with van der Waals surface area (Å²) in [7, 11) is 0. The third kappa shape index (κ3) is 4.27. The molecule has 0 atom stereocenters. The highest BCUT2D eigenvalue weighted by atomic mass is 16.5. The van der Waals surface area contributed by atoms with Crippen LogP contribution in [0.2, 0.25) is 0 Å². The summed E-state index contributed by atoms with van der Waals surface area (Å²) >= 11 is 0. The lowest BCUT2D eigenvalue weighted by Crippen LogP contribution is -2.19. The molecular weight excluding hydrogens is 240 g/mol. The van der Waals surface area contributed by atoms with Gasteiger partial charge in [0, 0.05) is 6.42 Å². The standard InChI is InChI=1S/C16H22O3/c1-12-8-9-15(19-11-13-4-2-5-13)14(10-12)6-3-7-16(17)18/h8-10,13H,2-7,11H2,1H3,(H,17,18). The third-order valence-electron chi connectivity index (χ3n) is 3.75. The number of benzene rings is 1. The van der Waals surface area contributed by atoms with Crippen LogP contribution in [0.25, 0.3) is 0 Å². The van der Waals surface area contributed by atoms with Crippen LogP contribution in [0, 0.1) is 12.8 Å². The first-order valence-electron chi connectivity index (χ1n) is 7.09. The van der Waals surface area contributed by atoms with Gasteiger partial charge in [-0.25, -0.2) is 0 Å². The van der Waals surface area contributed by atoms with Crippen molar-refractivity contribution < 1.29 is 14.6 Å². The van der Waals surface area contributed by atoms with E-state index in [0.717, 1.165) is 24.3 Å². The lowest BCUT2D eigenvalue weighted by molar-refractivity contribution is -0.137. The summed E-state index contributed by atoms with van der Waals surface area (Å²) in [5.41, 5.74) is 2.34. The zero-order chi connectivity index (χ0) is 13.7. The van der Waals surface area contributed by atoms with Crippen LogP contribution in [0.1, 0.15) is 43.2 Å². The molecule has 0 heterocycles. The van der Waals surface area contributed by atoms with Gasteiger partial charge in [0.15, 0.2) is 0 Å². The van der Waals surface area contributed by atoms with Crippen LogP contribution in [-0.2, 0) is 11.2 Å². The topological polar surface area (TPSA) is 46.5 Å². The number of rotatable bonds is 7. The predicted octanol–water partition coefficient (Wildman–Crippen LogP) is 3.58. The number of hydrogen-bond acceptors (Lipinski definition) is 2. The van der Waals surface area contributed by atoms with Gasteiger partial charge >= 0.3 is 5.97 Å². The Kier molecular flexibility index (Phi) is 4.83. The van der Waals surface area contributed by atoms with Gasteiger partial charge in [-0.2, -0.15) is 0 Å². The molecule has 0 radical (unpaired) electrons.